The molecule has 1 saturated heterocycles. The number of benzene rings is 2. The van der Waals surface area contributed by atoms with E-state index >= 15 is 0 Å². The molecule has 1 aliphatic rings. The Bertz CT molecular complexity index is 1310. The van der Waals surface area contributed by atoms with Crippen LogP contribution in [0.5, 0.6) is 0 Å². The van der Waals surface area contributed by atoms with E-state index in [4.69, 9.17) is 16.3 Å². The van der Waals surface area contributed by atoms with Gasteiger partial charge in [0.15, 0.2) is 0 Å². The summed E-state index contributed by atoms with van der Waals surface area (Å²) in [6, 6.07) is 12.9. The Hall–Kier alpha value is -3.51. The summed E-state index contributed by atoms with van der Waals surface area (Å²) in [6.07, 6.45) is 1.59. The molecule has 3 aromatic rings. The first-order valence-electron chi connectivity index (χ1n) is 13.2. The molecule has 10 nitrogen and oxygen atoms in total. The molecule has 3 amide bonds. The maximum atomic E-state index is 13.8. The quantitative estimate of drug-likeness (QED) is 0.292. The van der Waals surface area contributed by atoms with Crippen molar-refractivity contribution in [3.8, 4) is 0 Å². The van der Waals surface area contributed by atoms with Crippen LogP contribution < -0.4 is 16.0 Å². The monoisotopic (exact) mass is 572 g/mol. The van der Waals surface area contributed by atoms with Crippen LogP contribution in [0.3, 0.4) is 0 Å². The highest BCUT2D eigenvalue weighted by Crippen LogP contribution is 2.20. The normalized spacial score (nSPS) is 16.4. The molecule has 4 rings (SSSR count). The van der Waals surface area contributed by atoms with E-state index in [0.29, 0.717) is 43.9 Å². The molecule has 0 unspecified atom stereocenters. The number of ether oxygens (including phenoxy) is 1. The Morgan fingerprint density at radius 1 is 1.27 bits per heavy atom. The number of fused-ring (bicyclic) bond motifs is 1. The Labute approximate surface area is 237 Å². The number of aromatic nitrogens is 1. The molecular weight excluding hydrogens is 539 g/mol. The average molecular weight is 573 g/mol. The van der Waals surface area contributed by atoms with E-state index in [1.165, 1.54) is 17.0 Å². The number of pyridine rings is 1. The molecule has 214 valence electrons. The van der Waals surface area contributed by atoms with Gasteiger partial charge in [-0.1, -0.05) is 48.0 Å². The van der Waals surface area contributed by atoms with Crippen molar-refractivity contribution in [3.05, 3.63) is 71.1 Å². The van der Waals surface area contributed by atoms with E-state index in [2.05, 4.69) is 20.9 Å². The van der Waals surface area contributed by atoms with Crippen molar-refractivity contribution in [2.24, 2.45) is 0 Å². The van der Waals surface area contributed by atoms with Gasteiger partial charge in [0.05, 0.1) is 11.1 Å². The zero-order chi connectivity index (χ0) is 28.5. The van der Waals surface area contributed by atoms with Gasteiger partial charge in [0, 0.05) is 51.4 Å². The van der Waals surface area contributed by atoms with Gasteiger partial charge < -0.3 is 25.4 Å². The molecule has 0 spiro atoms. The number of urea groups is 1. The minimum atomic E-state index is -0.689. The zero-order valence-electron chi connectivity index (χ0n) is 22.3. The van der Waals surface area contributed by atoms with E-state index in [1.807, 2.05) is 29.2 Å². The van der Waals surface area contributed by atoms with Crippen LogP contribution in [0.2, 0.25) is 5.02 Å². The number of nitrogens with one attached hydrogen (secondary N) is 3. The fraction of sp³-hybridized carbons (Fsp3) is 0.393. The lowest BCUT2D eigenvalue weighted by molar-refractivity contribution is -0.0144. The van der Waals surface area contributed by atoms with Crippen molar-refractivity contribution >= 4 is 40.3 Å². The number of hydrogen-bond donors (Lipinski definition) is 4. The van der Waals surface area contributed by atoms with Crippen LogP contribution in [-0.4, -0.2) is 84.1 Å². The lowest BCUT2D eigenvalue weighted by atomic mass is 10.1. The second-order valence-corrected chi connectivity index (χ2v) is 10.0. The minimum absolute atomic E-state index is 0.0361. The summed E-state index contributed by atoms with van der Waals surface area (Å²) < 4.78 is 19.3. The molecule has 2 aromatic carbocycles. The number of anilines is 1. The van der Waals surface area contributed by atoms with Crippen molar-refractivity contribution in [1.82, 2.24) is 25.4 Å². The number of carbonyl (C=O) groups is 2. The summed E-state index contributed by atoms with van der Waals surface area (Å²) in [5, 5.41) is 20.6. The van der Waals surface area contributed by atoms with Gasteiger partial charge in [-0.25, -0.2) is 19.0 Å². The van der Waals surface area contributed by atoms with Crippen molar-refractivity contribution in [3.63, 3.8) is 0 Å². The Morgan fingerprint density at radius 3 is 2.88 bits per heavy atom. The van der Waals surface area contributed by atoms with E-state index in [1.54, 1.807) is 25.4 Å². The van der Waals surface area contributed by atoms with E-state index in [9.17, 15) is 19.1 Å². The van der Waals surface area contributed by atoms with Gasteiger partial charge in [-0.15, -0.1) is 0 Å². The number of amides is 3. The Balaban J connectivity index is 1.35. The maximum Gasteiger partial charge on any atom is 0.412 e. The molecule has 0 saturated carbocycles. The number of hydrogen-bond acceptors (Lipinski definition) is 7. The van der Waals surface area contributed by atoms with Crippen LogP contribution in [0.15, 0.2) is 54.7 Å². The number of carbonyl (C=O) groups excluding carboxylic acids is 2. The number of nitrogens with zero attached hydrogens (tertiary/aromatic N) is 3. The number of aliphatic hydroxyl groups is 1. The largest absolute Gasteiger partial charge is 0.447 e. The van der Waals surface area contributed by atoms with Crippen LogP contribution >= 0.6 is 11.6 Å². The highest BCUT2D eigenvalue weighted by Gasteiger charge is 2.24. The molecule has 2 heterocycles. The van der Waals surface area contributed by atoms with Crippen molar-refractivity contribution in [2.75, 3.05) is 45.2 Å². The van der Waals surface area contributed by atoms with E-state index < -0.39 is 30.2 Å². The van der Waals surface area contributed by atoms with Crippen molar-refractivity contribution in [2.45, 2.75) is 31.7 Å². The topological polar surface area (TPSA) is 119 Å². The predicted molar refractivity (Wildman–Crippen MR) is 152 cm³/mol. The molecular formula is C28H34ClFN6O4. The second kappa shape index (κ2) is 14.2. The second-order valence-electron chi connectivity index (χ2n) is 9.64. The molecule has 0 bridgehead atoms. The molecule has 12 heteroatoms. The summed E-state index contributed by atoms with van der Waals surface area (Å²) in [4.78, 5) is 33.3. The van der Waals surface area contributed by atoms with E-state index in [0.717, 1.165) is 17.3 Å². The first-order valence-corrected chi connectivity index (χ1v) is 13.5. The molecule has 2 atom stereocenters. The van der Waals surface area contributed by atoms with Gasteiger partial charge in [-0.2, -0.15) is 0 Å². The van der Waals surface area contributed by atoms with Crippen molar-refractivity contribution < 1.29 is 23.8 Å². The smallest absolute Gasteiger partial charge is 0.412 e. The van der Waals surface area contributed by atoms with Crippen LogP contribution in [0.1, 0.15) is 18.4 Å². The van der Waals surface area contributed by atoms with E-state index in [-0.39, 0.29) is 18.2 Å². The highest BCUT2D eigenvalue weighted by molar-refractivity contribution is 6.31. The first kappa shape index (κ1) is 29.5. The number of halogens is 2. The fourth-order valence-electron chi connectivity index (χ4n) is 4.52. The third-order valence-corrected chi connectivity index (χ3v) is 7.33. The lowest BCUT2D eigenvalue weighted by Crippen LogP contribution is -2.51. The molecule has 1 aliphatic heterocycles. The van der Waals surface area contributed by atoms with Crippen LogP contribution in [0.4, 0.5) is 19.8 Å². The number of likely N-dealkylation sites (N-methyl/N-ethyl adjacent to an activating group) is 1. The summed E-state index contributed by atoms with van der Waals surface area (Å²) in [6.45, 7) is 2.61. The fourth-order valence-corrected chi connectivity index (χ4v) is 4.72. The van der Waals surface area contributed by atoms with Crippen LogP contribution in [0.25, 0.3) is 10.8 Å². The molecule has 0 radical (unpaired) electrons. The summed E-state index contributed by atoms with van der Waals surface area (Å²) >= 11 is 6.02. The first-order chi connectivity index (χ1) is 19.3. The SMILES string of the molecule is CN(C(=O)NCc1cccc(F)c1Cl)[C@@H](CCCN1CCNC[C@@H]1O)COC(=O)Nc1cc2ccccc2cn1. The Kier molecular flexibility index (Phi) is 10.5. The van der Waals surface area contributed by atoms with Gasteiger partial charge in [0.25, 0.3) is 0 Å². The van der Waals surface area contributed by atoms with Gasteiger partial charge in [-0.3, -0.25) is 10.2 Å². The van der Waals surface area contributed by atoms with Crippen LogP contribution in [0, 0.1) is 5.82 Å². The highest BCUT2D eigenvalue weighted by atomic mass is 35.5. The molecule has 40 heavy (non-hydrogen) atoms. The Morgan fingerprint density at radius 2 is 2.08 bits per heavy atom. The number of aliphatic hydroxyl groups excluding tert-OH is 1. The van der Waals surface area contributed by atoms with Gasteiger partial charge in [-0.05, 0) is 35.9 Å². The summed E-state index contributed by atoms with van der Waals surface area (Å²) in [5.41, 5.74) is 0.450. The number of β-amino-alcohol motifs (C(OH)–C–C–N with tert-alkyl or cyclic N) is 1. The van der Waals surface area contributed by atoms with Gasteiger partial charge >= 0.3 is 12.1 Å². The molecule has 0 aliphatic carbocycles. The third kappa shape index (κ3) is 8.01. The van der Waals surface area contributed by atoms with Crippen LogP contribution in [-0.2, 0) is 11.3 Å². The van der Waals surface area contributed by atoms with Gasteiger partial charge in [0.1, 0.15) is 24.5 Å². The third-order valence-electron chi connectivity index (χ3n) is 6.90. The number of rotatable bonds is 10. The maximum absolute atomic E-state index is 13.8. The van der Waals surface area contributed by atoms with Crippen molar-refractivity contribution in [1.29, 1.82) is 0 Å². The summed E-state index contributed by atoms with van der Waals surface area (Å²) in [7, 11) is 1.61. The standard InChI is InChI=1S/C28H34ClFN6O4/c1-35(27(38)33-16-21-8-4-10-23(30)26(21)29)22(9-5-12-36-13-11-31-17-25(36)37)18-40-28(39)34-24-14-19-6-2-3-7-20(19)15-32-24/h2-4,6-8,10,14-15,22,25,31,37H,5,9,11-13,16-18H2,1H3,(H,33,38)(H,32,34,39)/t22-,25-/m0/s1. The lowest BCUT2D eigenvalue weighted by Gasteiger charge is -2.33. The molecule has 1 aromatic heterocycles. The predicted octanol–water partition coefficient (Wildman–Crippen LogP) is 3.79. The zero-order valence-corrected chi connectivity index (χ0v) is 23.0. The number of piperazine rings is 1. The summed E-state index contributed by atoms with van der Waals surface area (Å²) in [5.74, 6) is -0.207. The molecule has 1 fully saturated rings. The minimum Gasteiger partial charge on any atom is -0.447 e. The van der Waals surface area contributed by atoms with Gasteiger partial charge in [0.2, 0.25) is 0 Å². The average Bonchev–Trinajstić information content (AvgIpc) is 2.96. The molecule has 4 N–H and O–H groups in total.